The highest BCUT2D eigenvalue weighted by Crippen LogP contribution is 2.19. The predicted octanol–water partition coefficient (Wildman–Crippen LogP) is 2.37. The second-order valence-electron chi connectivity index (χ2n) is 4.08. The molecule has 2 aromatic rings. The highest BCUT2D eigenvalue weighted by molar-refractivity contribution is 6.30. The van der Waals surface area contributed by atoms with E-state index in [1.54, 1.807) is 13.1 Å². The van der Waals surface area contributed by atoms with Crippen LogP contribution in [-0.2, 0) is 0 Å². The Hall–Kier alpha value is -2.08. The average molecular weight is 280 g/mol. The maximum Gasteiger partial charge on any atom is 0.256 e. The average Bonchev–Trinajstić information content (AvgIpc) is 2.69. The zero-order chi connectivity index (χ0) is 14.0. The minimum absolute atomic E-state index is 0.256. The molecule has 7 heteroatoms. The number of carbonyl (C=O) groups is 1. The first-order chi connectivity index (χ1) is 9.01. The van der Waals surface area contributed by atoms with Crippen LogP contribution in [0.3, 0.4) is 0 Å². The molecule has 19 heavy (non-hydrogen) atoms. The third-order valence-corrected chi connectivity index (χ3v) is 2.87. The maximum atomic E-state index is 12.2. The molecule has 2 heterocycles. The number of amides is 1. The Balaban J connectivity index is 2.28. The lowest BCUT2D eigenvalue weighted by atomic mass is 10.2. The van der Waals surface area contributed by atoms with Crippen LogP contribution in [-0.4, -0.2) is 28.1 Å². The van der Waals surface area contributed by atoms with Crippen LogP contribution in [0, 0.1) is 13.8 Å². The summed E-state index contributed by atoms with van der Waals surface area (Å²) in [7, 11) is 1.71. The van der Waals surface area contributed by atoms with Crippen LogP contribution in [0.2, 0.25) is 5.15 Å². The van der Waals surface area contributed by atoms with Crippen molar-refractivity contribution in [3.05, 3.63) is 34.2 Å². The summed E-state index contributed by atoms with van der Waals surface area (Å²) in [5.74, 6) is 0.284. The maximum absolute atomic E-state index is 12.2. The topological polar surface area (TPSA) is 82.7 Å². The molecule has 0 aliphatic rings. The zero-order valence-electron chi connectivity index (χ0n) is 10.8. The number of aromatic nitrogens is 3. The predicted molar refractivity (Wildman–Crippen MR) is 74.8 cm³/mol. The van der Waals surface area contributed by atoms with Crippen molar-refractivity contribution < 1.29 is 4.79 Å². The van der Waals surface area contributed by atoms with Crippen molar-refractivity contribution in [3.63, 3.8) is 0 Å². The molecule has 0 aliphatic carbocycles. The van der Waals surface area contributed by atoms with Gasteiger partial charge in [-0.3, -0.25) is 9.89 Å². The number of hydrogen-bond donors (Lipinski definition) is 3. The summed E-state index contributed by atoms with van der Waals surface area (Å²) < 4.78 is 0. The first-order valence-electron chi connectivity index (χ1n) is 5.69. The lowest BCUT2D eigenvalue weighted by Gasteiger charge is -2.07. The molecule has 2 aromatic heterocycles. The number of nitrogens with one attached hydrogen (secondary N) is 3. The first kappa shape index (κ1) is 13.4. The molecule has 0 saturated carbocycles. The van der Waals surface area contributed by atoms with Crippen molar-refractivity contribution in [2.45, 2.75) is 13.8 Å². The van der Waals surface area contributed by atoms with Crippen LogP contribution in [0.15, 0.2) is 12.1 Å². The molecule has 0 spiro atoms. The monoisotopic (exact) mass is 279 g/mol. The number of rotatable bonds is 3. The molecular weight excluding hydrogens is 266 g/mol. The molecule has 1 amide bonds. The van der Waals surface area contributed by atoms with E-state index in [4.69, 9.17) is 11.6 Å². The Kier molecular flexibility index (Phi) is 3.71. The molecule has 0 radical (unpaired) electrons. The van der Waals surface area contributed by atoms with E-state index in [0.29, 0.717) is 17.1 Å². The van der Waals surface area contributed by atoms with Crippen LogP contribution in [0.25, 0.3) is 0 Å². The number of halogens is 1. The van der Waals surface area contributed by atoms with Gasteiger partial charge in [0.1, 0.15) is 11.0 Å². The smallest absolute Gasteiger partial charge is 0.256 e. The molecule has 2 rings (SSSR count). The first-order valence-corrected chi connectivity index (χ1v) is 6.07. The minimum Gasteiger partial charge on any atom is -0.373 e. The molecule has 0 fully saturated rings. The van der Waals surface area contributed by atoms with E-state index in [1.807, 2.05) is 13.8 Å². The van der Waals surface area contributed by atoms with Gasteiger partial charge in [0.25, 0.3) is 5.91 Å². The molecule has 100 valence electrons. The summed E-state index contributed by atoms with van der Waals surface area (Å²) in [5, 5.41) is 12.8. The number of aromatic amines is 1. The quantitative estimate of drug-likeness (QED) is 0.753. The second-order valence-corrected chi connectivity index (χ2v) is 4.46. The molecule has 0 saturated heterocycles. The third kappa shape index (κ3) is 2.85. The van der Waals surface area contributed by atoms with Gasteiger partial charge in [-0.15, -0.1) is 0 Å². The molecule has 0 aliphatic heterocycles. The Morgan fingerprint density at radius 3 is 2.68 bits per heavy atom. The highest BCUT2D eigenvalue weighted by atomic mass is 35.5. The van der Waals surface area contributed by atoms with Crippen molar-refractivity contribution in [1.82, 2.24) is 15.2 Å². The summed E-state index contributed by atoms with van der Waals surface area (Å²) in [4.78, 5) is 16.2. The SMILES string of the molecule is CNc1cc(C(=O)Nc2c(C)n[nH]c2C)cc(Cl)n1. The summed E-state index contributed by atoms with van der Waals surface area (Å²) in [6.07, 6.45) is 0. The zero-order valence-corrected chi connectivity index (χ0v) is 11.6. The van der Waals surface area contributed by atoms with Gasteiger partial charge in [-0.2, -0.15) is 5.10 Å². The van der Waals surface area contributed by atoms with Gasteiger partial charge in [0.15, 0.2) is 0 Å². The molecule has 0 atom stereocenters. The van der Waals surface area contributed by atoms with E-state index in [9.17, 15) is 4.79 Å². The Morgan fingerprint density at radius 2 is 2.11 bits per heavy atom. The van der Waals surface area contributed by atoms with Crippen LogP contribution < -0.4 is 10.6 Å². The standard InChI is InChI=1S/C12H14ClN5O/c1-6-11(7(2)18-17-6)16-12(19)8-4-9(13)15-10(5-8)14-3/h4-5H,1-3H3,(H,14,15)(H,16,19)(H,17,18). The molecular formula is C12H14ClN5O. The van der Waals surface area contributed by atoms with Gasteiger partial charge in [-0.25, -0.2) is 4.98 Å². The summed E-state index contributed by atoms with van der Waals surface area (Å²) in [5.41, 5.74) is 2.66. The van der Waals surface area contributed by atoms with E-state index < -0.39 is 0 Å². The van der Waals surface area contributed by atoms with Crippen LogP contribution in [0.5, 0.6) is 0 Å². The number of aryl methyl sites for hydroxylation is 2. The number of hydrogen-bond acceptors (Lipinski definition) is 4. The van der Waals surface area contributed by atoms with E-state index in [0.717, 1.165) is 11.4 Å². The lowest BCUT2D eigenvalue weighted by Crippen LogP contribution is -2.13. The van der Waals surface area contributed by atoms with Crippen LogP contribution in [0.4, 0.5) is 11.5 Å². The normalized spacial score (nSPS) is 10.3. The minimum atomic E-state index is -0.256. The fraction of sp³-hybridized carbons (Fsp3) is 0.250. The van der Waals surface area contributed by atoms with E-state index in [-0.39, 0.29) is 11.1 Å². The van der Waals surface area contributed by atoms with Crippen molar-refractivity contribution in [3.8, 4) is 0 Å². The Morgan fingerprint density at radius 1 is 1.37 bits per heavy atom. The van der Waals surface area contributed by atoms with Crippen molar-refractivity contribution in [1.29, 1.82) is 0 Å². The van der Waals surface area contributed by atoms with Crippen molar-refractivity contribution >= 4 is 29.0 Å². The van der Waals surface area contributed by atoms with Gasteiger partial charge in [0, 0.05) is 12.6 Å². The fourth-order valence-corrected chi connectivity index (χ4v) is 1.89. The number of carbonyl (C=O) groups excluding carboxylic acids is 1. The molecule has 0 unspecified atom stereocenters. The van der Waals surface area contributed by atoms with E-state index >= 15 is 0 Å². The van der Waals surface area contributed by atoms with Crippen molar-refractivity contribution in [2.75, 3.05) is 17.7 Å². The van der Waals surface area contributed by atoms with Gasteiger partial charge in [0.05, 0.1) is 17.1 Å². The second kappa shape index (κ2) is 5.27. The summed E-state index contributed by atoms with van der Waals surface area (Å²) in [6, 6.07) is 3.15. The molecule has 6 nitrogen and oxygen atoms in total. The van der Waals surface area contributed by atoms with Gasteiger partial charge >= 0.3 is 0 Å². The van der Waals surface area contributed by atoms with Crippen molar-refractivity contribution in [2.24, 2.45) is 0 Å². The molecule has 0 aromatic carbocycles. The molecule has 0 bridgehead atoms. The van der Waals surface area contributed by atoms with Crippen LogP contribution >= 0.6 is 11.6 Å². The van der Waals surface area contributed by atoms with Gasteiger partial charge in [-0.1, -0.05) is 11.6 Å². The Bertz CT molecular complexity index is 603. The highest BCUT2D eigenvalue weighted by Gasteiger charge is 2.13. The van der Waals surface area contributed by atoms with E-state index in [1.165, 1.54) is 6.07 Å². The third-order valence-electron chi connectivity index (χ3n) is 2.68. The fourth-order valence-electron chi connectivity index (χ4n) is 1.68. The van der Waals surface area contributed by atoms with Crippen LogP contribution in [0.1, 0.15) is 21.7 Å². The van der Waals surface area contributed by atoms with Gasteiger partial charge in [-0.05, 0) is 26.0 Å². The largest absolute Gasteiger partial charge is 0.373 e. The van der Waals surface area contributed by atoms with Gasteiger partial charge < -0.3 is 10.6 Å². The number of nitrogens with zero attached hydrogens (tertiary/aromatic N) is 2. The molecule has 3 N–H and O–H groups in total. The summed E-state index contributed by atoms with van der Waals surface area (Å²) >= 11 is 5.87. The number of H-pyrrole nitrogens is 1. The Labute approximate surface area is 115 Å². The van der Waals surface area contributed by atoms with E-state index in [2.05, 4.69) is 25.8 Å². The lowest BCUT2D eigenvalue weighted by molar-refractivity contribution is 0.102. The number of anilines is 2. The number of pyridine rings is 1. The van der Waals surface area contributed by atoms with Gasteiger partial charge in [0.2, 0.25) is 0 Å². The summed E-state index contributed by atoms with van der Waals surface area (Å²) in [6.45, 7) is 3.66.